The average molecular weight is 242 g/mol. The number of piperidine rings is 1. The molecular weight excluding hydrogens is 219 g/mol. The lowest BCUT2D eigenvalue weighted by atomic mass is 9.92. The van der Waals surface area contributed by atoms with Gasteiger partial charge in [-0.2, -0.15) is 0 Å². The van der Waals surface area contributed by atoms with Crippen LogP contribution in [0.25, 0.3) is 0 Å². The van der Waals surface area contributed by atoms with Gasteiger partial charge in [0.2, 0.25) is 5.91 Å². The number of nitrogens with zero attached hydrogens (tertiary/aromatic N) is 2. The normalized spacial score (nSPS) is 31.7. The fourth-order valence-corrected chi connectivity index (χ4v) is 2.73. The van der Waals surface area contributed by atoms with E-state index in [-0.39, 0.29) is 18.4 Å². The molecule has 2 aliphatic heterocycles. The van der Waals surface area contributed by atoms with Crippen molar-refractivity contribution in [3.8, 4) is 0 Å². The van der Waals surface area contributed by atoms with Gasteiger partial charge in [-0.3, -0.25) is 9.69 Å². The summed E-state index contributed by atoms with van der Waals surface area (Å²) in [7, 11) is 0. The third kappa shape index (κ3) is 2.79. The van der Waals surface area contributed by atoms with E-state index in [4.69, 9.17) is 0 Å². The quantitative estimate of drug-likeness (QED) is 0.735. The summed E-state index contributed by atoms with van der Waals surface area (Å²) in [5.74, 6) is 0.261. The predicted molar refractivity (Wildman–Crippen MR) is 65.5 cm³/mol. The second-order valence-electron chi connectivity index (χ2n) is 6.02. The maximum Gasteiger partial charge on any atom is 0.228 e. The second kappa shape index (κ2) is 4.56. The fourth-order valence-electron chi connectivity index (χ4n) is 2.73. The van der Waals surface area contributed by atoms with Crippen LogP contribution < -0.4 is 0 Å². The molecule has 2 rings (SSSR count). The van der Waals surface area contributed by atoms with Gasteiger partial charge in [-0.15, -0.1) is 0 Å². The van der Waals surface area contributed by atoms with E-state index in [9.17, 15) is 9.18 Å². The Morgan fingerprint density at radius 3 is 2.59 bits per heavy atom. The largest absolute Gasteiger partial charge is 0.339 e. The van der Waals surface area contributed by atoms with Crippen molar-refractivity contribution in [3.63, 3.8) is 0 Å². The van der Waals surface area contributed by atoms with Crippen LogP contribution in [-0.4, -0.2) is 53.6 Å². The summed E-state index contributed by atoms with van der Waals surface area (Å²) in [6, 6.07) is 0.506. The van der Waals surface area contributed by atoms with E-state index in [2.05, 4.69) is 18.7 Å². The van der Waals surface area contributed by atoms with Gasteiger partial charge in [0.25, 0.3) is 0 Å². The molecule has 98 valence electrons. The maximum atomic E-state index is 13.9. The minimum atomic E-state index is -1.19. The second-order valence-corrected chi connectivity index (χ2v) is 6.02. The SMILES string of the molecule is CC(C)N1CC(C(=O)N2CCCC(C)(F)C2)C1. The summed E-state index contributed by atoms with van der Waals surface area (Å²) < 4.78 is 13.9. The van der Waals surface area contributed by atoms with E-state index >= 15 is 0 Å². The summed E-state index contributed by atoms with van der Waals surface area (Å²) in [5.41, 5.74) is -1.19. The lowest BCUT2D eigenvalue weighted by Gasteiger charge is -2.44. The smallest absolute Gasteiger partial charge is 0.228 e. The van der Waals surface area contributed by atoms with Crippen LogP contribution in [-0.2, 0) is 4.79 Å². The molecule has 1 unspecified atom stereocenters. The number of carbonyl (C=O) groups is 1. The lowest BCUT2D eigenvalue weighted by molar-refractivity contribution is -0.145. The first-order valence-electron chi connectivity index (χ1n) is 6.61. The van der Waals surface area contributed by atoms with Crippen LogP contribution in [0, 0.1) is 5.92 Å². The van der Waals surface area contributed by atoms with E-state index in [0.717, 1.165) is 26.1 Å². The van der Waals surface area contributed by atoms with Crippen LogP contribution in [0.15, 0.2) is 0 Å². The highest BCUT2D eigenvalue weighted by Gasteiger charge is 2.40. The summed E-state index contributed by atoms with van der Waals surface area (Å²) in [4.78, 5) is 16.2. The molecule has 0 spiro atoms. The van der Waals surface area contributed by atoms with Crippen molar-refractivity contribution < 1.29 is 9.18 Å². The van der Waals surface area contributed by atoms with E-state index in [1.807, 2.05) is 0 Å². The average Bonchev–Trinajstić information content (AvgIpc) is 2.12. The van der Waals surface area contributed by atoms with Gasteiger partial charge < -0.3 is 4.90 Å². The molecule has 1 amide bonds. The molecule has 0 radical (unpaired) electrons. The van der Waals surface area contributed by atoms with Crippen molar-refractivity contribution >= 4 is 5.91 Å². The molecule has 4 heteroatoms. The van der Waals surface area contributed by atoms with E-state index in [1.165, 1.54) is 0 Å². The van der Waals surface area contributed by atoms with Crippen LogP contribution in [0.5, 0.6) is 0 Å². The van der Waals surface area contributed by atoms with Crippen LogP contribution >= 0.6 is 0 Å². The molecule has 0 aromatic heterocycles. The number of amides is 1. The Bertz CT molecular complexity index is 298. The Morgan fingerprint density at radius 1 is 1.41 bits per heavy atom. The lowest BCUT2D eigenvalue weighted by Crippen LogP contribution is -2.58. The molecule has 17 heavy (non-hydrogen) atoms. The van der Waals surface area contributed by atoms with E-state index < -0.39 is 5.67 Å². The number of hydrogen-bond acceptors (Lipinski definition) is 2. The number of hydrogen-bond donors (Lipinski definition) is 0. The van der Waals surface area contributed by atoms with E-state index in [1.54, 1.807) is 11.8 Å². The minimum absolute atomic E-state index is 0.103. The molecule has 0 N–H and O–H groups in total. The molecular formula is C13H23FN2O. The van der Waals surface area contributed by atoms with Crippen molar-refractivity contribution in [1.29, 1.82) is 0 Å². The predicted octanol–water partition coefficient (Wildman–Crippen LogP) is 1.68. The van der Waals surface area contributed by atoms with Crippen LogP contribution in [0.2, 0.25) is 0 Å². The summed E-state index contributed by atoms with van der Waals surface area (Å²) in [6.07, 6.45) is 1.37. The molecule has 3 nitrogen and oxygen atoms in total. The molecule has 2 aliphatic rings. The number of alkyl halides is 1. The Balaban J connectivity index is 1.85. The Hall–Kier alpha value is -0.640. The fraction of sp³-hybridized carbons (Fsp3) is 0.923. The molecule has 2 saturated heterocycles. The van der Waals surface area contributed by atoms with Gasteiger partial charge in [0.1, 0.15) is 5.67 Å². The van der Waals surface area contributed by atoms with Crippen LogP contribution in [0.1, 0.15) is 33.6 Å². The summed E-state index contributed by atoms with van der Waals surface area (Å²) in [5, 5.41) is 0. The van der Waals surface area contributed by atoms with Crippen molar-refractivity contribution in [2.24, 2.45) is 5.92 Å². The van der Waals surface area contributed by atoms with Crippen molar-refractivity contribution in [2.45, 2.75) is 45.3 Å². The van der Waals surface area contributed by atoms with Gasteiger partial charge in [0, 0.05) is 25.7 Å². The number of rotatable bonds is 2. The Morgan fingerprint density at radius 2 is 2.06 bits per heavy atom. The number of likely N-dealkylation sites (tertiary alicyclic amines) is 2. The zero-order valence-electron chi connectivity index (χ0n) is 11.1. The zero-order chi connectivity index (χ0) is 12.6. The van der Waals surface area contributed by atoms with Crippen LogP contribution in [0.3, 0.4) is 0 Å². The topological polar surface area (TPSA) is 23.6 Å². The van der Waals surface area contributed by atoms with Gasteiger partial charge >= 0.3 is 0 Å². The maximum absolute atomic E-state index is 13.9. The third-order valence-electron chi connectivity index (χ3n) is 3.95. The molecule has 0 aromatic rings. The first kappa shape index (κ1) is 12.8. The minimum Gasteiger partial charge on any atom is -0.339 e. The summed E-state index contributed by atoms with van der Waals surface area (Å²) in [6.45, 7) is 8.58. The first-order valence-corrected chi connectivity index (χ1v) is 6.61. The molecule has 0 aliphatic carbocycles. The molecule has 1 atom stereocenters. The van der Waals surface area contributed by atoms with Crippen molar-refractivity contribution in [3.05, 3.63) is 0 Å². The van der Waals surface area contributed by atoms with Gasteiger partial charge in [-0.25, -0.2) is 4.39 Å². The highest BCUT2D eigenvalue weighted by molar-refractivity contribution is 5.80. The standard InChI is InChI=1S/C13H23FN2O/c1-10(2)16-7-11(8-16)12(17)15-6-4-5-13(3,14)9-15/h10-11H,4-9H2,1-3H3. The monoisotopic (exact) mass is 242 g/mol. The molecule has 0 saturated carbocycles. The molecule has 0 bridgehead atoms. The van der Waals surface area contributed by atoms with Gasteiger partial charge in [-0.05, 0) is 33.6 Å². The highest BCUT2D eigenvalue weighted by atomic mass is 19.1. The molecule has 2 heterocycles. The highest BCUT2D eigenvalue weighted by Crippen LogP contribution is 2.27. The zero-order valence-corrected chi connectivity index (χ0v) is 11.1. The van der Waals surface area contributed by atoms with Gasteiger partial charge in [0.05, 0.1) is 12.5 Å². The van der Waals surface area contributed by atoms with Crippen LogP contribution in [0.4, 0.5) is 4.39 Å². The van der Waals surface area contributed by atoms with Crippen molar-refractivity contribution in [2.75, 3.05) is 26.2 Å². The third-order valence-corrected chi connectivity index (χ3v) is 3.95. The van der Waals surface area contributed by atoms with Gasteiger partial charge in [-0.1, -0.05) is 0 Å². The van der Waals surface area contributed by atoms with Gasteiger partial charge in [0.15, 0.2) is 0 Å². The first-order chi connectivity index (χ1) is 7.89. The number of halogens is 1. The Labute approximate surface area is 103 Å². The molecule has 0 aromatic carbocycles. The summed E-state index contributed by atoms with van der Waals surface area (Å²) >= 11 is 0. The van der Waals surface area contributed by atoms with Crippen molar-refractivity contribution in [1.82, 2.24) is 9.80 Å². The molecule has 2 fully saturated rings. The number of carbonyl (C=O) groups excluding carboxylic acids is 1. The Kier molecular flexibility index (Phi) is 3.43. The van der Waals surface area contributed by atoms with E-state index in [0.29, 0.717) is 12.5 Å².